The van der Waals surface area contributed by atoms with Crippen molar-refractivity contribution in [1.82, 2.24) is 0 Å². The molecule has 0 bridgehead atoms. The van der Waals surface area contributed by atoms with Crippen LogP contribution in [0.4, 0.5) is 0 Å². The molecule has 0 amide bonds. The van der Waals surface area contributed by atoms with Gasteiger partial charge in [-0.1, -0.05) is 18.5 Å². The zero-order valence-electron chi connectivity index (χ0n) is 15.2. The number of pyridine rings is 2. The summed E-state index contributed by atoms with van der Waals surface area (Å²) in [7, 11) is 3.79. The molecule has 8 heteroatoms. The third kappa shape index (κ3) is 10.6. The molecule has 0 saturated carbocycles. The van der Waals surface area contributed by atoms with Crippen LogP contribution in [0.2, 0.25) is 0 Å². The van der Waals surface area contributed by atoms with Crippen molar-refractivity contribution in [2.75, 3.05) is 6.61 Å². The lowest BCUT2D eigenvalue weighted by Gasteiger charge is -2.02. The fourth-order valence-corrected chi connectivity index (χ4v) is 1.76. The predicted molar refractivity (Wildman–Crippen MR) is 89.8 cm³/mol. The Labute approximate surface area is 188 Å². The van der Waals surface area contributed by atoms with Gasteiger partial charge in [-0.15, -0.1) is 0 Å². The molecule has 2 rings (SSSR count). The molecule has 0 fully saturated rings. The normalized spacial score (nSPS) is 9.35. The van der Waals surface area contributed by atoms with E-state index < -0.39 is 0 Å². The van der Waals surface area contributed by atoms with E-state index in [2.05, 4.69) is 12.1 Å². The highest BCUT2D eigenvalue weighted by molar-refractivity contribution is 5.88. The number of esters is 1. The lowest BCUT2D eigenvalue weighted by molar-refractivity contribution is -0.672. The summed E-state index contributed by atoms with van der Waals surface area (Å²) in [5.41, 5.74) is 1.48. The minimum absolute atomic E-state index is 0. The molecule has 2 heterocycles. The number of aryl methyl sites for hydroxylation is 2. The average molecular weight is 585 g/mol. The Bertz CT molecular complexity index is 665. The first kappa shape index (κ1) is 26.9. The maximum absolute atomic E-state index is 11.4. The number of carbonyl (C=O) groups excluding carboxylic acids is 1. The van der Waals surface area contributed by atoms with E-state index in [-0.39, 0.29) is 53.9 Å². The highest BCUT2D eigenvalue weighted by Gasteiger charge is 2.07. The zero-order valence-corrected chi connectivity index (χ0v) is 19.5. The Kier molecular flexibility index (Phi) is 16.5. The second-order valence-corrected chi connectivity index (χ2v) is 5.22. The van der Waals surface area contributed by atoms with Crippen LogP contribution in [-0.4, -0.2) is 24.0 Å². The molecule has 2 aromatic heterocycles. The van der Waals surface area contributed by atoms with Crippen LogP contribution in [0.1, 0.15) is 35.8 Å². The van der Waals surface area contributed by atoms with Crippen molar-refractivity contribution in [1.29, 1.82) is 0 Å². The Balaban J connectivity index is 0. The van der Waals surface area contributed by atoms with Gasteiger partial charge < -0.3 is 57.9 Å². The molecular weight excluding hydrogens is 560 g/mol. The summed E-state index contributed by atoms with van der Waals surface area (Å²) in [5, 5.41) is 11.1. The number of ether oxygens (including phenoxy) is 1. The molecule has 6 nitrogen and oxygen atoms in total. The first-order chi connectivity index (χ1) is 11.6. The average Bonchev–Trinajstić information content (AvgIpc) is 2.58. The summed E-state index contributed by atoms with van der Waals surface area (Å²) in [4.78, 5) is 11.4. The van der Waals surface area contributed by atoms with E-state index in [1.807, 2.05) is 60.0 Å². The second-order valence-electron chi connectivity index (χ2n) is 5.22. The Hall–Kier alpha value is -1.30. The van der Waals surface area contributed by atoms with Crippen molar-refractivity contribution >= 4 is 12.2 Å². The van der Waals surface area contributed by atoms with Crippen molar-refractivity contribution in [3.8, 4) is 0 Å². The van der Waals surface area contributed by atoms with Gasteiger partial charge >= 0.3 is 5.97 Å². The Morgan fingerprint density at radius 2 is 1.81 bits per heavy atom. The van der Waals surface area contributed by atoms with Gasteiger partial charge in [0, 0.05) is 24.3 Å². The van der Waals surface area contributed by atoms with Gasteiger partial charge in [0.15, 0.2) is 18.6 Å². The van der Waals surface area contributed by atoms with E-state index in [0.717, 1.165) is 18.5 Å². The molecule has 0 unspecified atom stereocenters. The van der Waals surface area contributed by atoms with Crippen LogP contribution in [0.5, 0.6) is 0 Å². The van der Waals surface area contributed by atoms with Crippen LogP contribution in [-0.2, 0) is 18.8 Å². The molecule has 0 aliphatic carbocycles. The molecule has 26 heavy (non-hydrogen) atoms. The quantitative estimate of drug-likeness (QED) is 0.0737. The number of hydrogen-bond acceptors (Lipinski definition) is 4. The van der Waals surface area contributed by atoms with Crippen LogP contribution in [0.25, 0.3) is 0 Å². The lowest BCUT2D eigenvalue weighted by atomic mass is 10.3. The van der Waals surface area contributed by atoms with Gasteiger partial charge in [0.05, 0.1) is 12.2 Å². The molecule has 2 aromatic rings. The largest absolute Gasteiger partial charge is 1.00 e. The third-order valence-corrected chi connectivity index (χ3v) is 3.23. The highest BCUT2D eigenvalue weighted by atomic mass is 127. The van der Waals surface area contributed by atoms with Gasteiger partial charge in [0.1, 0.15) is 20.3 Å². The number of carbonyl (C=O) groups is 1. The number of aromatic nitrogens is 2. The van der Waals surface area contributed by atoms with Gasteiger partial charge in [-0.3, -0.25) is 0 Å². The van der Waals surface area contributed by atoms with Gasteiger partial charge in [-0.05, 0) is 12.5 Å². The van der Waals surface area contributed by atoms with Gasteiger partial charge in [-0.2, -0.15) is 0 Å². The number of hydrogen-bond donors (Lipinski definition) is 1. The first-order valence-electron chi connectivity index (χ1n) is 7.83. The molecule has 0 radical (unpaired) electrons. The van der Waals surface area contributed by atoms with E-state index in [0.29, 0.717) is 12.2 Å². The molecule has 144 valence electrons. The molecule has 0 aromatic carbocycles. The number of nitrogens with zero attached hydrogens (tertiary/aromatic N) is 3. The van der Waals surface area contributed by atoms with Crippen molar-refractivity contribution in [2.45, 2.75) is 19.8 Å². The van der Waals surface area contributed by atoms with Crippen molar-refractivity contribution in [3.63, 3.8) is 0 Å². The third-order valence-electron chi connectivity index (χ3n) is 3.23. The minimum Gasteiger partial charge on any atom is -1.00 e. The SMILES string of the molecule is CCCCOC(=O)c1cc[n+](C)cc1.C[n+]1ccccc1C=NO.[I-].[I-]. The molecule has 0 saturated heterocycles. The first-order valence-corrected chi connectivity index (χ1v) is 7.83. The van der Waals surface area contributed by atoms with E-state index in [9.17, 15) is 4.79 Å². The monoisotopic (exact) mass is 585 g/mol. The number of halogens is 2. The standard InChI is InChI=1S/C11H16NO2.C7H8N2O.2HI/c1-3-4-9-14-11(13)10-5-7-12(2)8-6-10;1-9-5-3-2-4-7(9)6-8-10;;/h5-8H,3-4,9H2,1-2H3;2-6H,1H3;2*1H/q+1;;;/p-1. The second kappa shape index (κ2) is 15.9. The van der Waals surface area contributed by atoms with Crippen molar-refractivity contribution in [3.05, 3.63) is 60.2 Å². The Morgan fingerprint density at radius 1 is 1.15 bits per heavy atom. The zero-order chi connectivity index (χ0) is 17.8. The lowest BCUT2D eigenvalue weighted by Crippen LogP contribution is -3.00. The van der Waals surface area contributed by atoms with E-state index >= 15 is 0 Å². The van der Waals surface area contributed by atoms with Crippen molar-refractivity contribution in [2.24, 2.45) is 19.3 Å². The molecular formula is C18H25I2N3O3. The summed E-state index contributed by atoms with van der Waals surface area (Å²) in [6, 6.07) is 9.17. The van der Waals surface area contributed by atoms with E-state index in [1.54, 1.807) is 12.1 Å². The molecule has 0 atom stereocenters. The number of rotatable bonds is 5. The van der Waals surface area contributed by atoms with Gasteiger partial charge in [-0.25, -0.2) is 13.9 Å². The van der Waals surface area contributed by atoms with Crippen LogP contribution < -0.4 is 57.1 Å². The van der Waals surface area contributed by atoms with Crippen LogP contribution in [0.15, 0.2) is 54.1 Å². The van der Waals surface area contributed by atoms with Crippen LogP contribution in [0.3, 0.4) is 0 Å². The summed E-state index contributed by atoms with van der Waals surface area (Å²) >= 11 is 0. The molecule has 0 aliphatic rings. The molecule has 1 N–H and O–H groups in total. The Morgan fingerprint density at radius 3 is 2.35 bits per heavy atom. The summed E-state index contributed by atoms with van der Waals surface area (Å²) in [6.45, 7) is 2.58. The summed E-state index contributed by atoms with van der Waals surface area (Å²) < 4.78 is 8.80. The summed E-state index contributed by atoms with van der Waals surface area (Å²) in [6.07, 6.45) is 8.90. The van der Waals surface area contributed by atoms with Gasteiger partial charge in [0.2, 0.25) is 5.69 Å². The molecule has 0 aliphatic heterocycles. The van der Waals surface area contributed by atoms with Crippen LogP contribution >= 0.6 is 0 Å². The maximum Gasteiger partial charge on any atom is 0.338 e. The fraction of sp³-hybridized carbons (Fsp3) is 0.333. The smallest absolute Gasteiger partial charge is 0.338 e. The molecule has 0 spiro atoms. The van der Waals surface area contributed by atoms with Crippen molar-refractivity contribution < 1.29 is 71.8 Å². The predicted octanol–water partition coefficient (Wildman–Crippen LogP) is -4.20. The van der Waals surface area contributed by atoms with E-state index in [1.165, 1.54) is 6.21 Å². The highest BCUT2D eigenvalue weighted by Crippen LogP contribution is 1.99. The number of unbranched alkanes of at least 4 members (excludes halogenated alkanes) is 1. The van der Waals surface area contributed by atoms with E-state index in [4.69, 9.17) is 9.94 Å². The minimum atomic E-state index is -0.237. The maximum atomic E-state index is 11.4. The topological polar surface area (TPSA) is 66.7 Å². The van der Waals surface area contributed by atoms with Gasteiger partial charge in [0.25, 0.3) is 0 Å². The number of oxime groups is 1. The fourth-order valence-electron chi connectivity index (χ4n) is 1.76. The summed E-state index contributed by atoms with van der Waals surface area (Å²) in [5.74, 6) is -0.237. The van der Waals surface area contributed by atoms with Crippen LogP contribution in [0, 0.1) is 0 Å².